The zero-order valence-corrected chi connectivity index (χ0v) is 32.7. The van der Waals surface area contributed by atoms with Gasteiger partial charge in [-0.25, -0.2) is 9.97 Å². The number of hydrogen-bond donors (Lipinski definition) is 0. The zero-order valence-electron chi connectivity index (χ0n) is 32.7. The van der Waals surface area contributed by atoms with Gasteiger partial charge in [-0.2, -0.15) is 0 Å². The summed E-state index contributed by atoms with van der Waals surface area (Å²) in [6.45, 7) is 0. The van der Waals surface area contributed by atoms with E-state index in [-0.39, 0.29) is 0 Å². The molecule has 12 aromatic rings. The molecule has 0 saturated carbocycles. The lowest BCUT2D eigenvalue weighted by atomic mass is 9.97. The molecule has 0 aliphatic rings. The summed E-state index contributed by atoms with van der Waals surface area (Å²) in [4.78, 5) is 29.4. The Kier molecular flexibility index (Phi) is 8.03. The molecule has 0 atom stereocenters. The van der Waals surface area contributed by atoms with Gasteiger partial charge in [-0.3, -0.25) is 19.9 Å². The molecule has 0 saturated heterocycles. The van der Waals surface area contributed by atoms with Crippen molar-refractivity contribution in [1.29, 1.82) is 0 Å². The molecule has 61 heavy (non-hydrogen) atoms. The number of fused-ring (bicyclic) bond motifs is 7. The van der Waals surface area contributed by atoms with Crippen molar-refractivity contribution in [1.82, 2.24) is 34.5 Å². The summed E-state index contributed by atoms with van der Waals surface area (Å²) >= 11 is 0. The Morgan fingerprint density at radius 2 is 0.934 bits per heavy atom. The average molecular weight is 780 g/mol. The third-order valence-electron chi connectivity index (χ3n) is 11.6. The van der Waals surface area contributed by atoms with Gasteiger partial charge in [-0.15, -0.1) is 0 Å². The molecule has 12 rings (SSSR count). The Hall–Kier alpha value is -8.42. The number of hydrogen-bond acceptors (Lipinski definition) is 6. The molecule has 0 aliphatic heterocycles. The van der Waals surface area contributed by atoms with Gasteiger partial charge in [-0.05, 0) is 96.4 Å². The fraction of sp³-hybridized carbons (Fsp3) is 0. The fourth-order valence-corrected chi connectivity index (χ4v) is 8.57. The Morgan fingerprint density at radius 1 is 0.344 bits per heavy atom. The Bertz CT molecular complexity index is 3620. The van der Waals surface area contributed by atoms with Crippen molar-refractivity contribution >= 4 is 54.4 Å². The monoisotopic (exact) mass is 779 g/mol. The van der Waals surface area contributed by atoms with Crippen molar-refractivity contribution in [2.45, 2.75) is 0 Å². The highest BCUT2D eigenvalue weighted by Crippen LogP contribution is 2.42. The number of aromatic nitrogens is 7. The minimum absolute atomic E-state index is 0.821. The molecule has 7 nitrogen and oxygen atoms in total. The number of nitrogens with zero attached hydrogens (tertiary/aromatic N) is 7. The maximum absolute atomic E-state index is 5.08. The van der Waals surface area contributed by atoms with Crippen LogP contribution in [0.15, 0.2) is 201 Å². The van der Waals surface area contributed by atoms with Gasteiger partial charge in [0.05, 0.1) is 68.1 Å². The zero-order chi connectivity index (χ0) is 40.3. The van der Waals surface area contributed by atoms with E-state index in [4.69, 9.17) is 24.9 Å². The van der Waals surface area contributed by atoms with Crippen LogP contribution in [0.25, 0.3) is 116 Å². The van der Waals surface area contributed by atoms with Gasteiger partial charge in [-0.1, -0.05) is 84.9 Å². The highest BCUT2D eigenvalue weighted by molar-refractivity contribution is 6.22. The van der Waals surface area contributed by atoms with E-state index in [0.717, 1.165) is 116 Å². The molecule has 7 aromatic heterocycles. The van der Waals surface area contributed by atoms with Crippen molar-refractivity contribution < 1.29 is 0 Å². The Morgan fingerprint density at radius 3 is 1.59 bits per heavy atom. The maximum Gasteiger partial charge on any atom is 0.0887 e. The van der Waals surface area contributed by atoms with Gasteiger partial charge in [0.1, 0.15) is 0 Å². The normalized spacial score (nSPS) is 11.6. The summed E-state index contributed by atoms with van der Waals surface area (Å²) in [6, 6.07) is 60.7. The summed E-state index contributed by atoms with van der Waals surface area (Å²) < 4.78 is 2.33. The van der Waals surface area contributed by atoms with Gasteiger partial charge in [0.25, 0.3) is 0 Å². The molecule has 0 bridgehead atoms. The van der Waals surface area contributed by atoms with Crippen LogP contribution >= 0.6 is 0 Å². The van der Waals surface area contributed by atoms with Crippen LogP contribution in [0, 0.1) is 0 Å². The van der Waals surface area contributed by atoms with Crippen molar-refractivity contribution in [3.8, 4) is 62.1 Å². The molecule has 0 aliphatic carbocycles. The Labute approximate surface area is 350 Å². The summed E-state index contributed by atoms with van der Waals surface area (Å²) in [7, 11) is 0. The quantitative estimate of drug-likeness (QED) is 0.167. The molecule has 0 unspecified atom stereocenters. The van der Waals surface area contributed by atoms with E-state index in [1.807, 2.05) is 79.3 Å². The summed E-state index contributed by atoms with van der Waals surface area (Å²) in [5.41, 5.74) is 14.3. The first-order valence-electron chi connectivity index (χ1n) is 20.2. The fourth-order valence-electron chi connectivity index (χ4n) is 8.57. The lowest BCUT2D eigenvalue weighted by molar-refractivity contribution is 1.14. The third-order valence-corrected chi connectivity index (χ3v) is 11.6. The molecule has 0 N–H and O–H groups in total. The van der Waals surface area contributed by atoms with Gasteiger partial charge in [0.15, 0.2) is 0 Å². The van der Waals surface area contributed by atoms with E-state index in [2.05, 4.69) is 125 Å². The van der Waals surface area contributed by atoms with Crippen LogP contribution in [-0.4, -0.2) is 34.5 Å². The predicted octanol–water partition coefficient (Wildman–Crippen LogP) is 12.9. The number of para-hydroxylation sites is 2. The first-order chi connectivity index (χ1) is 30.2. The second-order valence-electron chi connectivity index (χ2n) is 15.2. The van der Waals surface area contributed by atoms with Gasteiger partial charge in [0.2, 0.25) is 0 Å². The van der Waals surface area contributed by atoms with Crippen LogP contribution in [0.5, 0.6) is 0 Å². The molecule has 284 valence electrons. The van der Waals surface area contributed by atoms with Crippen molar-refractivity contribution in [3.05, 3.63) is 201 Å². The largest absolute Gasteiger partial charge is 0.307 e. The highest BCUT2D eigenvalue weighted by atomic mass is 15.0. The van der Waals surface area contributed by atoms with E-state index < -0.39 is 0 Å². The van der Waals surface area contributed by atoms with Crippen LogP contribution < -0.4 is 0 Å². The van der Waals surface area contributed by atoms with Crippen molar-refractivity contribution in [2.75, 3.05) is 0 Å². The smallest absolute Gasteiger partial charge is 0.0887 e. The topological polar surface area (TPSA) is 82.3 Å². The first kappa shape index (κ1) is 34.6. The van der Waals surface area contributed by atoms with E-state index >= 15 is 0 Å². The maximum atomic E-state index is 5.08. The minimum atomic E-state index is 0.821. The SMILES string of the molecule is c1ccc(-c2ccc(-n3c4ccc(-c5ccc(-c6ccc7ccccc7n6)cn5)cc4c4cc(-c5ccc(-c6ccc7ccccc7n6)cn5)c5ccccc5c43)cn2)nc1. The molecule has 7 heteroatoms. The number of pyridine rings is 6. The summed E-state index contributed by atoms with van der Waals surface area (Å²) in [5.74, 6) is 0. The minimum Gasteiger partial charge on any atom is -0.307 e. The molecular formula is C54H33N7. The third kappa shape index (κ3) is 5.98. The number of rotatable bonds is 6. The van der Waals surface area contributed by atoms with Gasteiger partial charge >= 0.3 is 0 Å². The van der Waals surface area contributed by atoms with Gasteiger partial charge < -0.3 is 4.57 Å². The molecule has 7 heterocycles. The van der Waals surface area contributed by atoms with E-state index in [1.165, 1.54) is 0 Å². The van der Waals surface area contributed by atoms with E-state index in [1.54, 1.807) is 6.20 Å². The first-order valence-corrected chi connectivity index (χ1v) is 20.2. The second-order valence-corrected chi connectivity index (χ2v) is 15.2. The van der Waals surface area contributed by atoms with E-state index in [9.17, 15) is 0 Å². The summed E-state index contributed by atoms with van der Waals surface area (Å²) in [6.07, 6.45) is 7.60. The van der Waals surface area contributed by atoms with Crippen molar-refractivity contribution in [3.63, 3.8) is 0 Å². The molecule has 0 amide bonds. The van der Waals surface area contributed by atoms with Crippen LogP contribution in [0.3, 0.4) is 0 Å². The van der Waals surface area contributed by atoms with Crippen LogP contribution in [0.1, 0.15) is 0 Å². The standard InChI is InChI=1S/C54H33N7/c1-5-13-46-34(9-1)16-23-48(59-46)37-18-22-45(56-31-37)36-20-27-53-43(29-36)44-30-42(50-25-19-38(32-57-50)49-24-17-35-10-2-6-14-47(35)60-49)40-11-3-4-12-41(40)54(44)61(53)39-21-26-52(58-33-39)51-15-7-8-28-55-51/h1-33H. The molecular weight excluding hydrogens is 747 g/mol. The highest BCUT2D eigenvalue weighted by Gasteiger charge is 2.20. The van der Waals surface area contributed by atoms with Crippen LogP contribution in [-0.2, 0) is 0 Å². The van der Waals surface area contributed by atoms with Gasteiger partial charge in [0, 0.05) is 67.8 Å². The molecule has 0 spiro atoms. The molecule has 0 radical (unpaired) electrons. The average Bonchev–Trinajstić information content (AvgIpc) is 3.67. The van der Waals surface area contributed by atoms with Crippen LogP contribution in [0.4, 0.5) is 0 Å². The van der Waals surface area contributed by atoms with Crippen molar-refractivity contribution in [2.24, 2.45) is 0 Å². The second kappa shape index (κ2) is 14.1. The predicted molar refractivity (Wildman–Crippen MR) is 247 cm³/mol. The Balaban J connectivity index is 1.02. The lowest BCUT2D eigenvalue weighted by Gasteiger charge is -2.13. The summed E-state index contributed by atoms with van der Waals surface area (Å²) in [5, 5.41) is 6.68. The lowest BCUT2D eigenvalue weighted by Crippen LogP contribution is -1.97. The molecule has 0 fully saturated rings. The van der Waals surface area contributed by atoms with E-state index in [0.29, 0.717) is 0 Å². The molecule has 5 aromatic carbocycles. The number of benzene rings is 5. The van der Waals surface area contributed by atoms with Crippen LogP contribution in [0.2, 0.25) is 0 Å².